The normalized spacial score (nSPS) is 22.6. The van der Waals surface area contributed by atoms with Gasteiger partial charge in [0.1, 0.15) is 0 Å². The molecule has 1 aliphatic carbocycles. The molecule has 1 fully saturated rings. The molecule has 1 N–H and O–H groups in total. The fourth-order valence-electron chi connectivity index (χ4n) is 2.75. The number of hydrogen-bond donors (Lipinski definition) is 1. The van der Waals surface area contributed by atoms with Gasteiger partial charge >= 0.3 is 0 Å². The first-order valence-corrected chi connectivity index (χ1v) is 8.09. The van der Waals surface area contributed by atoms with Crippen molar-refractivity contribution in [3.63, 3.8) is 0 Å². The van der Waals surface area contributed by atoms with Crippen molar-refractivity contribution in [2.75, 3.05) is 14.1 Å². The molecule has 0 aromatic heterocycles. The van der Waals surface area contributed by atoms with E-state index in [1.165, 1.54) is 0 Å². The summed E-state index contributed by atoms with van der Waals surface area (Å²) in [6.45, 7) is 0. The van der Waals surface area contributed by atoms with Gasteiger partial charge < -0.3 is 10.2 Å². The van der Waals surface area contributed by atoms with E-state index in [-0.39, 0.29) is 5.91 Å². The minimum absolute atomic E-state index is 0.0484. The molecule has 20 heavy (non-hydrogen) atoms. The van der Waals surface area contributed by atoms with Crippen molar-refractivity contribution in [1.29, 1.82) is 0 Å². The van der Waals surface area contributed by atoms with Crippen LogP contribution in [0.1, 0.15) is 36.0 Å². The number of rotatable bonds is 3. The van der Waals surface area contributed by atoms with Gasteiger partial charge in [-0.05, 0) is 66.9 Å². The molecular formula is C15H20BrClN2O. The van der Waals surface area contributed by atoms with Crippen molar-refractivity contribution >= 4 is 33.4 Å². The Bertz CT molecular complexity index is 487. The average Bonchev–Trinajstić information content (AvgIpc) is 2.48. The van der Waals surface area contributed by atoms with E-state index in [4.69, 9.17) is 11.6 Å². The van der Waals surface area contributed by atoms with E-state index < -0.39 is 0 Å². The Morgan fingerprint density at radius 3 is 2.55 bits per heavy atom. The van der Waals surface area contributed by atoms with Crippen molar-refractivity contribution in [2.45, 2.75) is 37.8 Å². The lowest BCUT2D eigenvalue weighted by Gasteiger charge is -2.34. The van der Waals surface area contributed by atoms with Crippen molar-refractivity contribution in [2.24, 2.45) is 0 Å². The smallest absolute Gasteiger partial charge is 0.253 e. The zero-order valence-corrected chi connectivity index (χ0v) is 14.2. The van der Waals surface area contributed by atoms with E-state index in [9.17, 15) is 4.79 Å². The molecule has 3 nitrogen and oxygen atoms in total. The lowest BCUT2D eigenvalue weighted by molar-refractivity contribution is 0.0685. The van der Waals surface area contributed by atoms with E-state index in [0.29, 0.717) is 22.7 Å². The molecule has 0 saturated heterocycles. The van der Waals surface area contributed by atoms with Gasteiger partial charge in [-0.2, -0.15) is 0 Å². The van der Waals surface area contributed by atoms with Gasteiger partial charge in [-0.25, -0.2) is 0 Å². The van der Waals surface area contributed by atoms with Crippen molar-refractivity contribution in [1.82, 2.24) is 10.2 Å². The number of halogens is 2. The largest absolute Gasteiger partial charge is 0.339 e. The summed E-state index contributed by atoms with van der Waals surface area (Å²) in [6.07, 6.45) is 4.36. The molecule has 1 aliphatic rings. The highest BCUT2D eigenvalue weighted by Crippen LogP contribution is 2.26. The van der Waals surface area contributed by atoms with Crippen molar-refractivity contribution < 1.29 is 4.79 Å². The third-order valence-corrected chi connectivity index (χ3v) is 5.37. The third kappa shape index (κ3) is 3.54. The minimum Gasteiger partial charge on any atom is -0.339 e. The van der Waals surface area contributed by atoms with E-state index in [1.807, 2.05) is 31.1 Å². The van der Waals surface area contributed by atoms with Crippen molar-refractivity contribution in [3.8, 4) is 0 Å². The lowest BCUT2D eigenvalue weighted by Crippen LogP contribution is -2.42. The number of nitrogens with one attached hydrogen (secondary N) is 1. The zero-order valence-electron chi connectivity index (χ0n) is 11.8. The summed E-state index contributed by atoms with van der Waals surface area (Å²) in [6, 6.07) is 6.28. The van der Waals surface area contributed by atoms with Crippen LogP contribution in [0.25, 0.3) is 0 Å². The van der Waals surface area contributed by atoms with Crippen LogP contribution in [0.5, 0.6) is 0 Å². The van der Waals surface area contributed by atoms with E-state index >= 15 is 0 Å². The summed E-state index contributed by atoms with van der Waals surface area (Å²) < 4.78 is 0.813. The summed E-state index contributed by atoms with van der Waals surface area (Å²) in [7, 11) is 3.90. The van der Waals surface area contributed by atoms with Gasteiger partial charge in [-0.3, -0.25) is 4.79 Å². The van der Waals surface area contributed by atoms with E-state index in [0.717, 1.165) is 30.2 Å². The molecule has 0 aliphatic heterocycles. The highest BCUT2D eigenvalue weighted by atomic mass is 79.9. The molecule has 0 spiro atoms. The maximum absolute atomic E-state index is 12.5. The molecule has 1 aromatic carbocycles. The molecule has 1 amide bonds. The van der Waals surface area contributed by atoms with Crippen LogP contribution < -0.4 is 5.32 Å². The van der Waals surface area contributed by atoms with Crippen LogP contribution in [0, 0.1) is 0 Å². The molecule has 0 heterocycles. The molecule has 0 atom stereocenters. The monoisotopic (exact) mass is 358 g/mol. The Balaban J connectivity index is 2.03. The SMILES string of the molecule is CNC1CCC(N(C)C(=O)c2ccc(Br)c(Cl)c2)CC1. The standard InChI is InChI=1S/C15H20BrClN2O/c1-18-11-4-6-12(7-5-11)19(2)15(20)10-3-8-13(16)14(17)9-10/h3,8-9,11-12,18H,4-7H2,1-2H3. The summed E-state index contributed by atoms with van der Waals surface area (Å²) in [5.41, 5.74) is 0.649. The third-order valence-electron chi connectivity index (χ3n) is 4.14. The summed E-state index contributed by atoms with van der Waals surface area (Å²) in [5, 5.41) is 3.88. The highest BCUT2D eigenvalue weighted by molar-refractivity contribution is 9.10. The summed E-state index contributed by atoms with van der Waals surface area (Å²) in [5.74, 6) is 0.0484. The first-order valence-electron chi connectivity index (χ1n) is 6.92. The molecule has 5 heteroatoms. The molecule has 2 rings (SSSR count). The van der Waals surface area contributed by atoms with E-state index in [2.05, 4.69) is 21.2 Å². The molecule has 1 aromatic rings. The molecular weight excluding hydrogens is 340 g/mol. The van der Waals surface area contributed by atoms with Gasteiger partial charge in [0.05, 0.1) is 5.02 Å². The average molecular weight is 360 g/mol. The zero-order chi connectivity index (χ0) is 14.7. The molecule has 110 valence electrons. The molecule has 1 saturated carbocycles. The van der Waals surface area contributed by atoms with Gasteiger partial charge in [0.15, 0.2) is 0 Å². The second kappa shape index (κ2) is 6.92. The predicted molar refractivity (Wildman–Crippen MR) is 86.3 cm³/mol. The van der Waals surface area contributed by atoms with Crippen LogP contribution in [0.4, 0.5) is 0 Å². The maximum atomic E-state index is 12.5. The van der Waals surface area contributed by atoms with Gasteiger partial charge in [0.25, 0.3) is 5.91 Å². The second-order valence-corrected chi connectivity index (χ2v) is 6.60. The fourth-order valence-corrected chi connectivity index (χ4v) is 3.18. The van der Waals surface area contributed by atoms with Gasteiger partial charge in [0, 0.05) is 29.2 Å². The molecule has 0 unspecified atom stereocenters. The first kappa shape index (κ1) is 15.8. The number of benzene rings is 1. The Hall–Kier alpha value is -0.580. The van der Waals surface area contributed by atoms with Crippen molar-refractivity contribution in [3.05, 3.63) is 33.3 Å². The molecule has 0 bridgehead atoms. The highest BCUT2D eigenvalue weighted by Gasteiger charge is 2.26. The number of carbonyl (C=O) groups is 1. The van der Waals surface area contributed by atoms with Crippen LogP contribution in [-0.4, -0.2) is 37.0 Å². The Morgan fingerprint density at radius 1 is 1.35 bits per heavy atom. The second-order valence-electron chi connectivity index (χ2n) is 5.34. The summed E-state index contributed by atoms with van der Waals surface area (Å²) in [4.78, 5) is 14.4. The number of hydrogen-bond acceptors (Lipinski definition) is 2. The number of amides is 1. The number of carbonyl (C=O) groups excluding carboxylic acids is 1. The predicted octanol–water partition coefficient (Wildman–Crippen LogP) is 3.71. The summed E-state index contributed by atoms with van der Waals surface area (Å²) >= 11 is 9.40. The van der Waals surface area contributed by atoms with Crippen LogP contribution in [0.15, 0.2) is 22.7 Å². The van der Waals surface area contributed by atoms with Crippen LogP contribution in [-0.2, 0) is 0 Å². The quantitative estimate of drug-likeness (QED) is 0.892. The first-order chi connectivity index (χ1) is 9.52. The van der Waals surface area contributed by atoms with Crippen LogP contribution in [0.3, 0.4) is 0 Å². The topological polar surface area (TPSA) is 32.3 Å². The van der Waals surface area contributed by atoms with Gasteiger partial charge in [-0.15, -0.1) is 0 Å². The Kier molecular flexibility index (Phi) is 5.47. The minimum atomic E-state index is 0.0484. The van der Waals surface area contributed by atoms with Gasteiger partial charge in [0.2, 0.25) is 0 Å². The maximum Gasteiger partial charge on any atom is 0.253 e. The Labute approximate surface area is 133 Å². The van der Waals surface area contributed by atoms with Crippen LogP contribution >= 0.6 is 27.5 Å². The van der Waals surface area contributed by atoms with E-state index in [1.54, 1.807) is 6.07 Å². The van der Waals surface area contributed by atoms with Crippen LogP contribution in [0.2, 0.25) is 5.02 Å². The fraction of sp³-hybridized carbons (Fsp3) is 0.533. The molecule has 0 radical (unpaired) electrons. The number of nitrogens with zero attached hydrogens (tertiary/aromatic N) is 1. The van der Waals surface area contributed by atoms with Gasteiger partial charge in [-0.1, -0.05) is 11.6 Å². The lowest BCUT2D eigenvalue weighted by atomic mass is 9.90. The Morgan fingerprint density at radius 2 is 2.00 bits per heavy atom.